The number of nitrogens with zero attached hydrogens (tertiary/aromatic N) is 1. The van der Waals surface area contributed by atoms with Crippen LogP contribution in [0.5, 0.6) is 5.75 Å². The molecule has 0 bridgehead atoms. The van der Waals surface area contributed by atoms with Gasteiger partial charge >= 0.3 is 0 Å². The zero-order valence-electron chi connectivity index (χ0n) is 24.0. The number of amides is 3. The molecule has 0 unspecified atom stereocenters. The third kappa shape index (κ3) is 9.15. The van der Waals surface area contributed by atoms with Crippen LogP contribution in [0.1, 0.15) is 15.9 Å². The number of ether oxygens (including phenoxy) is 1. The molecule has 0 atom stereocenters. The van der Waals surface area contributed by atoms with Crippen LogP contribution in [-0.4, -0.2) is 35.6 Å². The lowest BCUT2D eigenvalue weighted by atomic mass is 10.1. The number of thioether (sulfide) groups is 1. The highest BCUT2D eigenvalue weighted by atomic mass is 79.9. The Hall–Kier alpha value is -4.71. The Balaban J connectivity index is 1.22. The molecule has 0 spiro atoms. The molecular formula is C34H27BrN4O4S2. The van der Waals surface area contributed by atoms with E-state index in [0.29, 0.717) is 27.7 Å². The third-order valence-electron chi connectivity index (χ3n) is 6.31. The number of anilines is 2. The molecule has 3 N–H and O–H groups in total. The van der Waals surface area contributed by atoms with Gasteiger partial charge in [0.2, 0.25) is 5.91 Å². The zero-order chi connectivity index (χ0) is 31.6. The van der Waals surface area contributed by atoms with E-state index < -0.39 is 11.8 Å². The molecule has 0 aliphatic rings. The molecule has 3 amide bonds. The Labute approximate surface area is 277 Å². The number of benzene rings is 4. The average Bonchev–Trinajstić information content (AvgIpc) is 3.53. The Bertz CT molecular complexity index is 1830. The van der Waals surface area contributed by atoms with Gasteiger partial charge in [0.15, 0.2) is 5.13 Å². The minimum absolute atomic E-state index is 0.0670. The molecule has 0 aliphatic carbocycles. The van der Waals surface area contributed by atoms with Crippen molar-refractivity contribution in [1.82, 2.24) is 10.3 Å². The summed E-state index contributed by atoms with van der Waals surface area (Å²) in [6.07, 6.45) is 1.60. The van der Waals surface area contributed by atoms with Gasteiger partial charge in [-0.15, -0.1) is 23.1 Å². The fourth-order valence-corrected chi connectivity index (χ4v) is 5.82. The fraction of sp³-hybridized carbons (Fsp3) is 0.0588. The van der Waals surface area contributed by atoms with Crippen LogP contribution in [0.4, 0.5) is 10.8 Å². The van der Waals surface area contributed by atoms with Crippen LogP contribution < -0.4 is 20.7 Å². The smallest absolute Gasteiger partial charge is 0.272 e. The second kappa shape index (κ2) is 15.3. The summed E-state index contributed by atoms with van der Waals surface area (Å²) in [5.74, 6) is -0.281. The maximum atomic E-state index is 13.4. The number of carbonyl (C=O) groups excluding carboxylic acids is 3. The van der Waals surface area contributed by atoms with Crippen molar-refractivity contribution in [2.24, 2.45) is 0 Å². The largest absolute Gasteiger partial charge is 0.497 e. The Kier molecular flexibility index (Phi) is 10.8. The normalized spacial score (nSPS) is 11.0. The first kappa shape index (κ1) is 31.7. The van der Waals surface area contributed by atoms with E-state index in [1.54, 1.807) is 79.9 Å². The van der Waals surface area contributed by atoms with Gasteiger partial charge < -0.3 is 20.7 Å². The van der Waals surface area contributed by atoms with Crippen molar-refractivity contribution in [3.05, 3.63) is 130 Å². The maximum absolute atomic E-state index is 13.4. The highest BCUT2D eigenvalue weighted by Gasteiger charge is 2.16. The first-order valence-corrected chi connectivity index (χ1v) is 16.3. The summed E-state index contributed by atoms with van der Waals surface area (Å²) in [6.45, 7) is 0. The number of thiazole rings is 1. The van der Waals surface area contributed by atoms with E-state index in [1.807, 2.05) is 41.8 Å². The van der Waals surface area contributed by atoms with E-state index >= 15 is 0 Å². The number of carbonyl (C=O) groups is 3. The molecule has 5 rings (SSSR count). The summed E-state index contributed by atoms with van der Waals surface area (Å²) in [6, 6.07) is 30.7. The van der Waals surface area contributed by atoms with E-state index in [0.717, 1.165) is 20.6 Å². The molecule has 1 aromatic heterocycles. The van der Waals surface area contributed by atoms with Crippen molar-refractivity contribution in [3.8, 4) is 17.0 Å². The number of halogens is 1. The monoisotopic (exact) mass is 698 g/mol. The van der Waals surface area contributed by atoms with Crippen molar-refractivity contribution in [2.75, 3.05) is 23.5 Å². The first-order valence-electron chi connectivity index (χ1n) is 13.6. The molecule has 0 aliphatic heterocycles. The van der Waals surface area contributed by atoms with Gasteiger partial charge in [-0.05, 0) is 66.2 Å². The van der Waals surface area contributed by atoms with Crippen LogP contribution in [0.3, 0.4) is 0 Å². The van der Waals surface area contributed by atoms with Gasteiger partial charge in [0, 0.05) is 31.6 Å². The SMILES string of the molecule is COc1ccc(/C=C(/NC(=O)c2ccccc2)C(=O)Nc2cccc(SCC(=O)Nc3nc(-c4ccc(Br)cc4)cs3)c2)cc1. The highest BCUT2D eigenvalue weighted by molar-refractivity contribution is 9.10. The van der Waals surface area contributed by atoms with Gasteiger partial charge in [-0.1, -0.05) is 64.5 Å². The summed E-state index contributed by atoms with van der Waals surface area (Å²) in [7, 11) is 1.57. The molecule has 0 saturated carbocycles. The lowest BCUT2D eigenvalue weighted by Crippen LogP contribution is -2.30. The predicted octanol–water partition coefficient (Wildman–Crippen LogP) is 7.72. The molecule has 1 heterocycles. The van der Waals surface area contributed by atoms with Gasteiger partial charge in [-0.3, -0.25) is 14.4 Å². The number of methoxy groups -OCH3 is 1. The lowest BCUT2D eigenvalue weighted by molar-refractivity contribution is -0.114. The first-order chi connectivity index (χ1) is 21.9. The van der Waals surface area contributed by atoms with Gasteiger partial charge in [-0.25, -0.2) is 4.98 Å². The Morgan fingerprint density at radius 3 is 2.40 bits per heavy atom. The fourth-order valence-electron chi connectivity index (χ4n) is 4.06. The number of rotatable bonds is 11. The molecule has 11 heteroatoms. The van der Waals surface area contributed by atoms with E-state index in [4.69, 9.17) is 4.74 Å². The quantitative estimate of drug-likeness (QED) is 0.0963. The maximum Gasteiger partial charge on any atom is 0.272 e. The third-order valence-corrected chi connectivity index (χ3v) is 8.59. The molecule has 0 saturated heterocycles. The van der Waals surface area contributed by atoms with Crippen LogP contribution in [0.15, 0.2) is 124 Å². The Morgan fingerprint density at radius 1 is 0.911 bits per heavy atom. The molecule has 226 valence electrons. The van der Waals surface area contributed by atoms with Crippen molar-refractivity contribution in [3.63, 3.8) is 0 Å². The summed E-state index contributed by atoms with van der Waals surface area (Å²) in [4.78, 5) is 44.3. The number of hydrogen-bond acceptors (Lipinski definition) is 7. The second-order valence-corrected chi connectivity index (χ2v) is 12.3. The van der Waals surface area contributed by atoms with Gasteiger partial charge in [0.25, 0.3) is 11.8 Å². The van der Waals surface area contributed by atoms with E-state index in [2.05, 4.69) is 36.9 Å². The highest BCUT2D eigenvalue weighted by Crippen LogP contribution is 2.27. The summed E-state index contributed by atoms with van der Waals surface area (Å²) in [5, 5.41) is 10.9. The molecular weight excluding hydrogens is 672 g/mol. The molecule has 4 aromatic carbocycles. The van der Waals surface area contributed by atoms with Gasteiger partial charge in [0.05, 0.1) is 18.6 Å². The minimum atomic E-state index is -0.500. The zero-order valence-corrected chi connectivity index (χ0v) is 27.2. The van der Waals surface area contributed by atoms with Gasteiger partial charge in [0.1, 0.15) is 11.4 Å². The lowest BCUT2D eigenvalue weighted by Gasteiger charge is -2.12. The van der Waals surface area contributed by atoms with Crippen molar-refractivity contribution in [2.45, 2.75) is 4.90 Å². The summed E-state index contributed by atoms with van der Waals surface area (Å²) in [5.41, 5.74) is 3.46. The van der Waals surface area contributed by atoms with Crippen molar-refractivity contribution in [1.29, 1.82) is 0 Å². The van der Waals surface area contributed by atoms with Gasteiger partial charge in [-0.2, -0.15) is 0 Å². The second-order valence-electron chi connectivity index (χ2n) is 9.51. The number of nitrogens with one attached hydrogen (secondary N) is 3. The van der Waals surface area contributed by atoms with E-state index in [9.17, 15) is 14.4 Å². The summed E-state index contributed by atoms with van der Waals surface area (Å²) < 4.78 is 6.20. The topological polar surface area (TPSA) is 109 Å². The molecule has 8 nitrogen and oxygen atoms in total. The molecule has 45 heavy (non-hydrogen) atoms. The number of hydrogen-bond donors (Lipinski definition) is 3. The van der Waals surface area contributed by atoms with E-state index in [1.165, 1.54) is 23.1 Å². The van der Waals surface area contributed by atoms with Crippen LogP contribution in [-0.2, 0) is 9.59 Å². The van der Waals surface area contributed by atoms with Crippen molar-refractivity contribution < 1.29 is 19.1 Å². The van der Waals surface area contributed by atoms with Crippen LogP contribution in [0.25, 0.3) is 17.3 Å². The van der Waals surface area contributed by atoms with E-state index in [-0.39, 0.29) is 17.4 Å². The molecule has 5 aromatic rings. The van der Waals surface area contributed by atoms with Crippen LogP contribution in [0.2, 0.25) is 0 Å². The van der Waals surface area contributed by atoms with Crippen LogP contribution >= 0.6 is 39.0 Å². The van der Waals surface area contributed by atoms with Crippen LogP contribution in [0, 0.1) is 0 Å². The molecule has 0 radical (unpaired) electrons. The standard InChI is InChI=1S/C34H27BrN4O4S2/c1-43-27-16-10-22(11-17-27)18-29(37-32(41)24-6-3-2-4-7-24)33(42)36-26-8-5-9-28(19-26)44-21-31(40)39-34-38-30(20-45-34)23-12-14-25(35)15-13-23/h2-20H,21H2,1H3,(H,36,42)(H,37,41)(H,38,39,40)/b29-18+. The van der Waals surface area contributed by atoms with Crippen molar-refractivity contribution >= 4 is 73.6 Å². The average molecular weight is 700 g/mol. The number of aromatic nitrogens is 1. The predicted molar refractivity (Wildman–Crippen MR) is 185 cm³/mol. The minimum Gasteiger partial charge on any atom is -0.497 e. The summed E-state index contributed by atoms with van der Waals surface area (Å²) >= 11 is 6.12. The molecule has 0 fully saturated rings. The Morgan fingerprint density at radius 2 is 1.67 bits per heavy atom.